The lowest BCUT2D eigenvalue weighted by Gasteiger charge is -2.03. The number of fused-ring (bicyclic) bond motifs is 1. The fourth-order valence-electron chi connectivity index (χ4n) is 2.01. The summed E-state index contributed by atoms with van der Waals surface area (Å²) in [5.41, 5.74) is 6.53. The molecule has 3 rings (SSSR count). The van der Waals surface area contributed by atoms with Crippen molar-refractivity contribution in [2.75, 3.05) is 0 Å². The van der Waals surface area contributed by atoms with Gasteiger partial charge in [0.15, 0.2) is 5.82 Å². The zero-order valence-corrected chi connectivity index (χ0v) is 10.9. The molecule has 0 radical (unpaired) electrons. The lowest BCUT2D eigenvalue weighted by Crippen LogP contribution is -2.22. The predicted octanol–water partition coefficient (Wildman–Crippen LogP) is 1.18. The molecule has 0 aliphatic heterocycles. The Kier molecular flexibility index (Phi) is 3.15. The van der Waals surface area contributed by atoms with E-state index in [1.807, 2.05) is 0 Å². The van der Waals surface area contributed by atoms with Crippen LogP contribution in [0.15, 0.2) is 41.0 Å². The van der Waals surface area contributed by atoms with Crippen molar-refractivity contribution < 1.29 is 14.0 Å². The highest BCUT2D eigenvalue weighted by Gasteiger charge is 2.15. The lowest BCUT2D eigenvalue weighted by molar-refractivity contribution is 0.0947. The summed E-state index contributed by atoms with van der Waals surface area (Å²) in [4.78, 5) is 30.2. The normalized spacial score (nSPS) is 10.7. The molecule has 0 aliphatic rings. The molecular weight excluding hydrogens is 272 g/mol. The van der Waals surface area contributed by atoms with E-state index >= 15 is 0 Å². The highest BCUT2D eigenvalue weighted by molar-refractivity contribution is 6.06. The number of aromatic nitrogens is 2. The number of aromatic amines is 1. The molecule has 0 saturated carbocycles. The Hall–Kier alpha value is -3.09. The maximum Gasteiger partial charge on any atom is 0.284 e. The van der Waals surface area contributed by atoms with Crippen molar-refractivity contribution in [3.63, 3.8) is 0 Å². The first-order valence-corrected chi connectivity index (χ1v) is 6.24. The molecule has 1 aromatic carbocycles. The van der Waals surface area contributed by atoms with E-state index in [2.05, 4.69) is 15.3 Å². The van der Waals surface area contributed by atoms with Gasteiger partial charge in [0, 0.05) is 0 Å². The summed E-state index contributed by atoms with van der Waals surface area (Å²) in [6, 6.07) is 8.56. The van der Waals surface area contributed by atoms with Gasteiger partial charge in [0.05, 0.1) is 23.9 Å². The maximum absolute atomic E-state index is 12.2. The van der Waals surface area contributed by atoms with Crippen LogP contribution >= 0.6 is 0 Å². The Labute approximate surface area is 119 Å². The summed E-state index contributed by atoms with van der Waals surface area (Å²) < 4.78 is 5.15. The minimum absolute atomic E-state index is 0.0243. The van der Waals surface area contributed by atoms with Crippen molar-refractivity contribution in [3.8, 4) is 0 Å². The monoisotopic (exact) mass is 284 g/mol. The molecule has 2 heterocycles. The number of carbonyl (C=O) groups excluding carboxylic acids is 2. The number of hydrogen-bond acceptors (Lipinski definition) is 4. The first kappa shape index (κ1) is 12.9. The van der Waals surface area contributed by atoms with E-state index < -0.39 is 5.91 Å². The molecule has 7 heteroatoms. The number of nitrogens with one attached hydrogen (secondary N) is 2. The average molecular weight is 284 g/mol. The van der Waals surface area contributed by atoms with Gasteiger partial charge in [-0.3, -0.25) is 9.59 Å². The van der Waals surface area contributed by atoms with Gasteiger partial charge >= 0.3 is 0 Å². The smallest absolute Gasteiger partial charge is 0.284 e. The molecule has 4 N–H and O–H groups in total. The van der Waals surface area contributed by atoms with E-state index in [1.165, 1.54) is 6.26 Å². The number of carbonyl (C=O) groups is 2. The van der Waals surface area contributed by atoms with Gasteiger partial charge in [-0.2, -0.15) is 0 Å². The number of amides is 2. The molecule has 0 atom stereocenters. The Bertz CT molecular complexity index is 805. The van der Waals surface area contributed by atoms with Crippen LogP contribution < -0.4 is 11.1 Å². The van der Waals surface area contributed by atoms with E-state index in [4.69, 9.17) is 10.2 Å². The summed E-state index contributed by atoms with van der Waals surface area (Å²) in [6.45, 7) is 0.273. The highest BCUT2D eigenvalue weighted by Crippen LogP contribution is 2.16. The summed E-state index contributed by atoms with van der Waals surface area (Å²) in [7, 11) is 0. The van der Waals surface area contributed by atoms with Crippen LogP contribution in [0.25, 0.3) is 11.0 Å². The third-order valence-corrected chi connectivity index (χ3v) is 2.99. The van der Waals surface area contributed by atoms with Crippen molar-refractivity contribution in [1.29, 1.82) is 0 Å². The fourth-order valence-corrected chi connectivity index (χ4v) is 2.01. The molecule has 2 aromatic heterocycles. The van der Waals surface area contributed by atoms with E-state index in [-0.39, 0.29) is 18.3 Å². The van der Waals surface area contributed by atoms with Crippen LogP contribution in [0, 0.1) is 0 Å². The number of nitrogens with zero attached hydrogens (tertiary/aromatic N) is 1. The van der Waals surface area contributed by atoms with E-state index in [9.17, 15) is 9.59 Å². The van der Waals surface area contributed by atoms with E-state index in [0.717, 1.165) is 0 Å². The molecule has 106 valence electrons. The zero-order valence-electron chi connectivity index (χ0n) is 10.9. The second-order valence-electron chi connectivity index (χ2n) is 4.41. The number of nitrogens with two attached hydrogens (primary N) is 1. The van der Waals surface area contributed by atoms with Gasteiger partial charge in [0.1, 0.15) is 11.3 Å². The summed E-state index contributed by atoms with van der Waals surface area (Å²) in [5, 5.41) is 2.73. The minimum Gasteiger partial charge on any atom is -0.467 e. The minimum atomic E-state index is -0.673. The van der Waals surface area contributed by atoms with Gasteiger partial charge in [-0.05, 0) is 24.3 Å². The van der Waals surface area contributed by atoms with E-state index in [0.29, 0.717) is 22.4 Å². The van der Waals surface area contributed by atoms with Gasteiger partial charge in [-0.25, -0.2) is 4.98 Å². The number of para-hydroxylation sites is 1. The highest BCUT2D eigenvalue weighted by atomic mass is 16.3. The standard InChI is InChI=1S/C14H12N4O3/c15-12(19)13-17-10-5-1-4-9(11(10)18-13)14(20)16-7-8-3-2-6-21-8/h1-6H,7H2,(H2,15,19)(H,16,20)(H,17,18). The van der Waals surface area contributed by atoms with Gasteiger partial charge in [-0.1, -0.05) is 6.07 Å². The summed E-state index contributed by atoms with van der Waals surface area (Å²) in [5.74, 6) is -0.306. The number of rotatable bonds is 4. The Morgan fingerprint density at radius 3 is 2.86 bits per heavy atom. The third-order valence-electron chi connectivity index (χ3n) is 2.99. The zero-order chi connectivity index (χ0) is 14.8. The molecule has 0 spiro atoms. The Morgan fingerprint density at radius 2 is 2.14 bits per heavy atom. The SMILES string of the molecule is NC(=O)c1nc2c(C(=O)NCc3ccco3)cccc2[nH]1. The quantitative estimate of drug-likeness (QED) is 0.667. The van der Waals surface area contributed by atoms with Crippen LogP contribution in [0.5, 0.6) is 0 Å². The molecule has 2 amide bonds. The van der Waals surface area contributed by atoms with Crippen LogP contribution in [0.2, 0.25) is 0 Å². The van der Waals surface area contributed by atoms with Gasteiger partial charge in [0.25, 0.3) is 11.8 Å². The number of H-pyrrole nitrogens is 1. The van der Waals surface area contributed by atoms with Crippen molar-refractivity contribution in [2.24, 2.45) is 5.73 Å². The predicted molar refractivity (Wildman–Crippen MR) is 74.5 cm³/mol. The Balaban J connectivity index is 1.88. The topological polar surface area (TPSA) is 114 Å². The summed E-state index contributed by atoms with van der Waals surface area (Å²) >= 11 is 0. The molecule has 7 nitrogen and oxygen atoms in total. The molecule has 21 heavy (non-hydrogen) atoms. The van der Waals surface area contributed by atoms with Gasteiger partial charge in [0.2, 0.25) is 0 Å². The van der Waals surface area contributed by atoms with Crippen LogP contribution in [0.1, 0.15) is 26.7 Å². The molecule has 0 unspecified atom stereocenters. The van der Waals surface area contributed by atoms with Crippen molar-refractivity contribution in [2.45, 2.75) is 6.54 Å². The van der Waals surface area contributed by atoms with Crippen molar-refractivity contribution >= 4 is 22.8 Å². The van der Waals surface area contributed by atoms with Crippen LogP contribution in [0.3, 0.4) is 0 Å². The molecule has 0 saturated heterocycles. The lowest BCUT2D eigenvalue weighted by atomic mass is 10.1. The van der Waals surface area contributed by atoms with Crippen molar-refractivity contribution in [3.05, 3.63) is 53.7 Å². The average Bonchev–Trinajstić information content (AvgIpc) is 3.12. The number of primary amides is 1. The molecule has 3 aromatic rings. The first-order valence-electron chi connectivity index (χ1n) is 6.24. The van der Waals surface area contributed by atoms with Crippen LogP contribution in [-0.4, -0.2) is 21.8 Å². The second-order valence-corrected chi connectivity index (χ2v) is 4.41. The molecular formula is C14H12N4O3. The molecule has 0 aliphatic carbocycles. The molecule has 0 bridgehead atoms. The van der Waals surface area contributed by atoms with Gasteiger partial charge < -0.3 is 20.5 Å². The number of furan rings is 1. The summed E-state index contributed by atoms with van der Waals surface area (Å²) in [6.07, 6.45) is 1.54. The molecule has 0 fully saturated rings. The maximum atomic E-state index is 12.2. The second kappa shape index (κ2) is 5.12. The van der Waals surface area contributed by atoms with Crippen molar-refractivity contribution in [1.82, 2.24) is 15.3 Å². The fraction of sp³-hybridized carbons (Fsp3) is 0.0714. The van der Waals surface area contributed by atoms with Gasteiger partial charge in [-0.15, -0.1) is 0 Å². The number of imidazole rings is 1. The Morgan fingerprint density at radius 1 is 1.29 bits per heavy atom. The van der Waals surface area contributed by atoms with Crippen LogP contribution in [0.4, 0.5) is 0 Å². The van der Waals surface area contributed by atoms with E-state index in [1.54, 1.807) is 30.3 Å². The number of benzene rings is 1. The first-order chi connectivity index (χ1) is 10.1. The third kappa shape index (κ3) is 2.48. The van der Waals surface area contributed by atoms with Crippen LogP contribution in [-0.2, 0) is 6.54 Å². The number of hydrogen-bond donors (Lipinski definition) is 3. The largest absolute Gasteiger partial charge is 0.467 e.